The Bertz CT molecular complexity index is 624. The molecule has 0 saturated heterocycles. The fourth-order valence-corrected chi connectivity index (χ4v) is 2.49. The quantitative estimate of drug-likeness (QED) is 0.790. The summed E-state index contributed by atoms with van der Waals surface area (Å²) in [5, 5.41) is 4.04. The lowest BCUT2D eigenvalue weighted by Crippen LogP contribution is -2.22. The zero-order valence-electron chi connectivity index (χ0n) is 11.7. The molecule has 20 heavy (non-hydrogen) atoms. The van der Waals surface area contributed by atoms with Gasteiger partial charge in [-0.3, -0.25) is 9.36 Å². The van der Waals surface area contributed by atoms with Crippen LogP contribution in [-0.4, -0.2) is 22.6 Å². The number of hydrogen-bond donors (Lipinski definition) is 1. The summed E-state index contributed by atoms with van der Waals surface area (Å²) in [5.74, 6) is 0. The summed E-state index contributed by atoms with van der Waals surface area (Å²) in [7, 11) is 0. The Morgan fingerprint density at radius 3 is 2.95 bits per heavy atom. The molecule has 1 aromatic heterocycles. The number of fused-ring (bicyclic) bond motifs is 1. The Hall–Kier alpha value is -1.20. The summed E-state index contributed by atoms with van der Waals surface area (Å²) in [6.45, 7) is 4.95. The lowest BCUT2D eigenvalue weighted by atomic mass is 10.2. The van der Waals surface area contributed by atoms with Crippen molar-refractivity contribution in [3.05, 3.63) is 39.4 Å². The summed E-state index contributed by atoms with van der Waals surface area (Å²) in [5.41, 5.74) is 0.789. The number of rotatable bonds is 7. The third-order valence-corrected chi connectivity index (χ3v) is 3.71. The van der Waals surface area contributed by atoms with Crippen molar-refractivity contribution >= 4 is 26.8 Å². The van der Waals surface area contributed by atoms with E-state index in [0.717, 1.165) is 48.9 Å². The number of nitrogens with one attached hydrogen (secondary N) is 1. The van der Waals surface area contributed by atoms with E-state index in [4.69, 9.17) is 0 Å². The smallest absolute Gasteiger partial charge is 0.261 e. The highest BCUT2D eigenvalue weighted by atomic mass is 79.9. The topological polar surface area (TPSA) is 46.9 Å². The standard InChI is InChI=1S/C15H20BrN3O/c1-2-7-17-8-3-4-9-19-11-18-14-6-5-12(16)10-13(14)15(19)20/h5-6,10-11,17H,2-4,7-9H2,1H3. The molecular weight excluding hydrogens is 318 g/mol. The molecule has 4 nitrogen and oxygen atoms in total. The van der Waals surface area contributed by atoms with E-state index in [-0.39, 0.29) is 5.56 Å². The van der Waals surface area contributed by atoms with E-state index in [1.165, 1.54) is 0 Å². The predicted octanol–water partition coefficient (Wildman–Crippen LogP) is 2.94. The van der Waals surface area contributed by atoms with Crippen LogP contribution in [0.25, 0.3) is 10.9 Å². The Morgan fingerprint density at radius 1 is 1.30 bits per heavy atom. The Morgan fingerprint density at radius 2 is 2.15 bits per heavy atom. The number of aromatic nitrogens is 2. The van der Waals surface area contributed by atoms with E-state index in [1.807, 2.05) is 18.2 Å². The van der Waals surface area contributed by atoms with Crippen LogP contribution in [-0.2, 0) is 6.54 Å². The molecule has 0 bridgehead atoms. The number of halogens is 1. The number of hydrogen-bond acceptors (Lipinski definition) is 3. The van der Waals surface area contributed by atoms with E-state index >= 15 is 0 Å². The van der Waals surface area contributed by atoms with Gasteiger partial charge in [0.1, 0.15) is 0 Å². The maximum absolute atomic E-state index is 12.3. The van der Waals surface area contributed by atoms with Crippen molar-refractivity contribution in [2.24, 2.45) is 0 Å². The van der Waals surface area contributed by atoms with E-state index < -0.39 is 0 Å². The first kappa shape index (κ1) is 15.2. The molecule has 5 heteroatoms. The second-order valence-electron chi connectivity index (χ2n) is 4.86. The first-order valence-electron chi connectivity index (χ1n) is 7.08. The van der Waals surface area contributed by atoms with Gasteiger partial charge in [-0.15, -0.1) is 0 Å². The summed E-state index contributed by atoms with van der Waals surface area (Å²) < 4.78 is 2.61. The van der Waals surface area contributed by atoms with Gasteiger partial charge in [0, 0.05) is 11.0 Å². The van der Waals surface area contributed by atoms with Gasteiger partial charge in [0.05, 0.1) is 17.2 Å². The number of nitrogens with zero attached hydrogens (tertiary/aromatic N) is 2. The molecule has 0 radical (unpaired) electrons. The lowest BCUT2D eigenvalue weighted by molar-refractivity contribution is 0.556. The number of benzene rings is 1. The molecule has 0 atom stereocenters. The molecule has 0 aliphatic carbocycles. The number of aryl methyl sites for hydroxylation is 1. The van der Waals surface area contributed by atoms with Crippen LogP contribution in [0.3, 0.4) is 0 Å². The third-order valence-electron chi connectivity index (χ3n) is 3.22. The molecule has 1 heterocycles. The molecule has 108 valence electrons. The summed E-state index contributed by atoms with van der Waals surface area (Å²) in [6, 6.07) is 5.60. The van der Waals surface area contributed by atoms with Gasteiger partial charge in [0.25, 0.3) is 5.56 Å². The van der Waals surface area contributed by atoms with Crippen molar-refractivity contribution in [2.45, 2.75) is 32.7 Å². The van der Waals surface area contributed by atoms with Gasteiger partial charge < -0.3 is 5.32 Å². The highest BCUT2D eigenvalue weighted by Crippen LogP contribution is 2.14. The van der Waals surface area contributed by atoms with Crippen LogP contribution in [0.15, 0.2) is 33.8 Å². The summed E-state index contributed by atoms with van der Waals surface area (Å²) >= 11 is 3.39. The van der Waals surface area contributed by atoms with Crippen LogP contribution in [0.5, 0.6) is 0 Å². The van der Waals surface area contributed by atoms with Crippen molar-refractivity contribution in [1.29, 1.82) is 0 Å². The molecule has 0 fully saturated rings. The second kappa shape index (κ2) is 7.55. The molecular formula is C15H20BrN3O. The molecule has 0 unspecified atom stereocenters. The highest BCUT2D eigenvalue weighted by molar-refractivity contribution is 9.10. The van der Waals surface area contributed by atoms with Crippen LogP contribution < -0.4 is 10.9 Å². The van der Waals surface area contributed by atoms with Crippen LogP contribution in [0.1, 0.15) is 26.2 Å². The van der Waals surface area contributed by atoms with Crippen LogP contribution in [0.4, 0.5) is 0 Å². The molecule has 0 aliphatic heterocycles. The summed E-state index contributed by atoms with van der Waals surface area (Å²) in [6.07, 6.45) is 4.86. The molecule has 0 spiro atoms. The van der Waals surface area contributed by atoms with Crippen molar-refractivity contribution in [3.8, 4) is 0 Å². The van der Waals surface area contributed by atoms with E-state index in [9.17, 15) is 4.79 Å². The lowest BCUT2D eigenvalue weighted by Gasteiger charge is -2.07. The van der Waals surface area contributed by atoms with Gasteiger partial charge in [-0.2, -0.15) is 0 Å². The maximum Gasteiger partial charge on any atom is 0.261 e. The molecule has 1 N–H and O–H groups in total. The van der Waals surface area contributed by atoms with Crippen molar-refractivity contribution in [3.63, 3.8) is 0 Å². The monoisotopic (exact) mass is 337 g/mol. The van der Waals surface area contributed by atoms with Crippen molar-refractivity contribution in [1.82, 2.24) is 14.9 Å². The van der Waals surface area contributed by atoms with Gasteiger partial charge >= 0.3 is 0 Å². The minimum absolute atomic E-state index is 0.0396. The second-order valence-corrected chi connectivity index (χ2v) is 5.78. The molecule has 0 saturated carbocycles. The third kappa shape index (κ3) is 3.90. The Kier molecular flexibility index (Phi) is 5.73. The number of unbranched alkanes of at least 4 members (excludes halogenated alkanes) is 1. The average molecular weight is 338 g/mol. The molecule has 2 rings (SSSR count). The normalized spacial score (nSPS) is 11.1. The fraction of sp³-hybridized carbons (Fsp3) is 0.467. The molecule has 0 amide bonds. The van der Waals surface area contributed by atoms with Crippen LogP contribution in [0, 0.1) is 0 Å². The summed E-state index contributed by atoms with van der Waals surface area (Å²) in [4.78, 5) is 16.7. The minimum Gasteiger partial charge on any atom is -0.317 e. The molecule has 0 aliphatic rings. The zero-order valence-corrected chi connectivity index (χ0v) is 13.3. The minimum atomic E-state index is 0.0396. The molecule has 2 aromatic rings. The van der Waals surface area contributed by atoms with Crippen molar-refractivity contribution < 1.29 is 0 Å². The van der Waals surface area contributed by atoms with E-state index in [2.05, 4.69) is 33.2 Å². The predicted molar refractivity (Wildman–Crippen MR) is 86.1 cm³/mol. The maximum atomic E-state index is 12.3. The zero-order chi connectivity index (χ0) is 14.4. The first-order chi connectivity index (χ1) is 9.72. The highest BCUT2D eigenvalue weighted by Gasteiger charge is 2.04. The van der Waals surface area contributed by atoms with Gasteiger partial charge in [0.2, 0.25) is 0 Å². The van der Waals surface area contributed by atoms with Gasteiger partial charge in [-0.1, -0.05) is 22.9 Å². The average Bonchev–Trinajstić information content (AvgIpc) is 2.45. The van der Waals surface area contributed by atoms with Crippen LogP contribution in [0.2, 0.25) is 0 Å². The largest absolute Gasteiger partial charge is 0.317 e. The first-order valence-corrected chi connectivity index (χ1v) is 7.87. The fourth-order valence-electron chi connectivity index (χ4n) is 2.12. The van der Waals surface area contributed by atoms with Gasteiger partial charge in [-0.25, -0.2) is 4.98 Å². The molecule has 1 aromatic carbocycles. The van der Waals surface area contributed by atoms with Gasteiger partial charge in [-0.05, 0) is 50.6 Å². The van der Waals surface area contributed by atoms with E-state index in [0.29, 0.717) is 5.39 Å². The Labute approximate surface area is 127 Å². The van der Waals surface area contributed by atoms with Gasteiger partial charge in [0.15, 0.2) is 0 Å². The Balaban J connectivity index is 2.00. The van der Waals surface area contributed by atoms with E-state index in [1.54, 1.807) is 10.9 Å². The SMILES string of the molecule is CCCNCCCCn1cnc2ccc(Br)cc2c1=O. The van der Waals surface area contributed by atoms with Crippen LogP contribution >= 0.6 is 15.9 Å². The van der Waals surface area contributed by atoms with Crippen molar-refractivity contribution in [2.75, 3.05) is 13.1 Å².